The minimum atomic E-state index is -0.478. The van der Waals surface area contributed by atoms with Gasteiger partial charge < -0.3 is 10.2 Å². The quantitative estimate of drug-likeness (QED) is 0.669. The van der Waals surface area contributed by atoms with Gasteiger partial charge in [-0.1, -0.05) is 6.92 Å². The molecule has 1 aliphatic rings. The average molecular weight is 295 g/mol. The van der Waals surface area contributed by atoms with E-state index in [9.17, 15) is 14.5 Å². The number of likely N-dealkylation sites (tertiary alicyclic amines) is 1. The first-order valence-corrected chi connectivity index (χ1v) is 7.44. The molecule has 1 aromatic carbocycles. The predicted molar refractivity (Wildman–Crippen MR) is 81.0 cm³/mol. The van der Waals surface area contributed by atoms with Crippen LogP contribution in [0.25, 0.3) is 0 Å². The van der Waals surface area contributed by atoms with Crippen molar-refractivity contribution >= 4 is 11.4 Å². The highest BCUT2D eigenvalue weighted by Gasteiger charge is 2.25. The molecule has 2 rings (SSSR count). The van der Waals surface area contributed by atoms with Gasteiger partial charge in [-0.25, -0.2) is 4.39 Å². The van der Waals surface area contributed by atoms with E-state index in [0.29, 0.717) is 5.92 Å². The van der Waals surface area contributed by atoms with Crippen LogP contribution in [-0.4, -0.2) is 35.5 Å². The summed E-state index contributed by atoms with van der Waals surface area (Å²) < 4.78 is 13.3. The number of benzene rings is 1. The van der Waals surface area contributed by atoms with Crippen molar-refractivity contribution in [1.29, 1.82) is 0 Å². The maximum Gasteiger partial charge on any atom is 0.292 e. The van der Waals surface area contributed by atoms with E-state index in [-0.39, 0.29) is 17.4 Å². The normalized spacial score (nSPS) is 18.4. The monoisotopic (exact) mass is 295 g/mol. The van der Waals surface area contributed by atoms with Gasteiger partial charge >= 0.3 is 0 Å². The molecular formula is C15H22FN3O2. The SMILES string of the molecule is CCN1CCC(C(C)Nc2cc(F)ccc2[N+](=O)[O-])CC1. The van der Waals surface area contributed by atoms with Gasteiger partial charge in [0, 0.05) is 18.2 Å². The van der Waals surface area contributed by atoms with Crippen molar-refractivity contribution in [3.63, 3.8) is 0 Å². The second-order valence-corrected chi connectivity index (χ2v) is 5.62. The van der Waals surface area contributed by atoms with Crippen LogP contribution in [0.5, 0.6) is 0 Å². The molecule has 0 radical (unpaired) electrons. The molecule has 1 aromatic rings. The summed E-state index contributed by atoms with van der Waals surface area (Å²) in [6.45, 7) is 7.33. The van der Waals surface area contributed by atoms with Gasteiger partial charge in [0.15, 0.2) is 0 Å². The summed E-state index contributed by atoms with van der Waals surface area (Å²) in [6.07, 6.45) is 2.12. The van der Waals surface area contributed by atoms with Crippen LogP contribution in [0.4, 0.5) is 15.8 Å². The molecule has 0 amide bonds. The lowest BCUT2D eigenvalue weighted by molar-refractivity contribution is -0.384. The summed E-state index contributed by atoms with van der Waals surface area (Å²) in [5.74, 6) is -0.00762. The summed E-state index contributed by atoms with van der Waals surface area (Å²) in [4.78, 5) is 12.9. The van der Waals surface area contributed by atoms with E-state index in [4.69, 9.17) is 0 Å². The fourth-order valence-electron chi connectivity index (χ4n) is 2.92. The molecule has 1 unspecified atom stereocenters. The fourth-order valence-corrected chi connectivity index (χ4v) is 2.92. The van der Waals surface area contributed by atoms with Crippen LogP contribution in [-0.2, 0) is 0 Å². The second kappa shape index (κ2) is 6.85. The van der Waals surface area contributed by atoms with Gasteiger partial charge in [0.1, 0.15) is 11.5 Å². The van der Waals surface area contributed by atoms with Crippen molar-refractivity contribution in [3.8, 4) is 0 Å². The van der Waals surface area contributed by atoms with E-state index in [2.05, 4.69) is 17.1 Å². The number of nitro benzene ring substituents is 1. The van der Waals surface area contributed by atoms with Gasteiger partial charge in [-0.15, -0.1) is 0 Å². The first-order chi connectivity index (χ1) is 10.0. The number of halogens is 1. The summed E-state index contributed by atoms with van der Waals surface area (Å²) >= 11 is 0. The molecule has 116 valence electrons. The van der Waals surface area contributed by atoms with E-state index in [1.165, 1.54) is 12.1 Å². The molecule has 0 aliphatic carbocycles. The van der Waals surface area contributed by atoms with Crippen LogP contribution in [0.1, 0.15) is 26.7 Å². The van der Waals surface area contributed by atoms with Gasteiger partial charge in [-0.2, -0.15) is 0 Å². The van der Waals surface area contributed by atoms with Crippen molar-refractivity contribution in [3.05, 3.63) is 34.1 Å². The standard InChI is InChI=1S/C15H22FN3O2/c1-3-18-8-6-12(7-9-18)11(2)17-14-10-13(16)4-5-15(14)19(20)21/h4-5,10-12,17H,3,6-9H2,1-2H3. The zero-order valence-corrected chi connectivity index (χ0v) is 12.5. The average Bonchev–Trinajstić information content (AvgIpc) is 2.47. The van der Waals surface area contributed by atoms with Crippen molar-refractivity contribution in [2.45, 2.75) is 32.7 Å². The summed E-state index contributed by atoms with van der Waals surface area (Å²) in [6, 6.07) is 3.62. The number of nitrogens with zero attached hydrogens (tertiary/aromatic N) is 2. The molecule has 6 heteroatoms. The fraction of sp³-hybridized carbons (Fsp3) is 0.600. The molecular weight excluding hydrogens is 273 g/mol. The van der Waals surface area contributed by atoms with Gasteiger partial charge in [0.25, 0.3) is 5.69 Å². The third-order valence-electron chi connectivity index (χ3n) is 4.33. The molecule has 0 spiro atoms. The van der Waals surface area contributed by atoms with Crippen LogP contribution < -0.4 is 5.32 Å². The first kappa shape index (κ1) is 15.7. The van der Waals surface area contributed by atoms with Gasteiger partial charge in [0.2, 0.25) is 0 Å². The van der Waals surface area contributed by atoms with E-state index >= 15 is 0 Å². The number of nitrogens with one attached hydrogen (secondary N) is 1. The first-order valence-electron chi connectivity index (χ1n) is 7.44. The van der Waals surface area contributed by atoms with E-state index in [0.717, 1.165) is 38.5 Å². The van der Waals surface area contributed by atoms with Crippen LogP contribution in [0.3, 0.4) is 0 Å². The Labute approximate surface area is 124 Å². The molecule has 1 fully saturated rings. The second-order valence-electron chi connectivity index (χ2n) is 5.62. The Kier molecular flexibility index (Phi) is 5.12. The smallest absolute Gasteiger partial charge is 0.292 e. The highest BCUT2D eigenvalue weighted by Crippen LogP contribution is 2.29. The number of hydrogen-bond donors (Lipinski definition) is 1. The number of nitro groups is 1. The molecule has 5 nitrogen and oxygen atoms in total. The molecule has 1 N–H and O–H groups in total. The minimum Gasteiger partial charge on any atom is -0.377 e. The lowest BCUT2D eigenvalue weighted by atomic mass is 9.90. The minimum absolute atomic E-state index is 0.0748. The highest BCUT2D eigenvalue weighted by molar-refractivity contribution is 5.61. The van der Waals surface area contributed by atoms with E-state index in [1.807, 2.05) is 6.92 Å². The highest BCUT2D eigenvalue weighted by atomic mass is 19.1. The summed E-state index contributed by atoms with van der Waals surface area (Å²) in [7, 11) is 0. The Bertz CT molecular complexity index is 502. The van der Waals surface area contributed by atoms with Crippen molar-refractivity contribution < 1.29 is 9.31 Å². The molecule has 1 atom stereocenters. The zero-order chi connectivity index (χ0) is 15.4. The number of rotatable bonds is 5. The maximum atomic E-state index is 13.3. The topological polar surface area (TPSA) is 58.4 Å². The number of hydrogen-bond acceptors (Lipinski definition) is 4. The third-order valence-corrected chi connectivity index (χ3v) is 4.33. The molecule has 1 aliphatic heterocycles. The Morgan fingerprint density at radius 2 is 2.14 bits per heavy atom. The van der Waals surface area contributed by atoms with Crippen LogP contribution in [0.2, 0.25) is 0 Å². The van der Waals surface area contributed by atoms with Crippen LogP contribution >= 0.6 is 0 Å². The number of anilines is 1. The molecule has 0 saturated carbocycles. The van der Waals surface area contributed by atoms with E-state index < -0.39 is 10.7 Å². The van der Waals surface area contributed by atoms with Crippen molar-refractivity contribution in [1.82, 2.24) is 4.90 Å². The lowest BCUT2D eigenvalue weighted by Gasteiger charge is -2.34. The third kappa shape index (κ3) is 3.91. The summed E-state index contributed by atoms with van der Waals surface area (Å²) in [5.41, 5.74) is 0.194. The Morgan fingerprint density at radius 1 is 1.48 bits per heavy atom. The maximum absolute atomic E-state index is 13.3. The summed E-state index contributed by atoms with van der Waals surface area (Å²) in [5, 5.41) is 14.1. The molecule has 1 heterocycles. The van der Waals surface area contributed by atoms with Crippen molar-refractivity contribution in [2.75, 3.05) is 25.0 Å². The Balaban J connectivity index is 2.04. The predicted octanol–water partition coefficient (Wildman–Crippen LogP) is 3.27. The van der Waals surface area contributed by atoms with Gasteiger partial charge in [-0.3, -0.25) is 10.1 Å². The van der Waals surface area contributed by atoms with Crippen LogP contribution in [0, 0.1) is 21.8 Å². The lowest BCUT2D eigenvalue weighted by Crippen LogP contribution is -2.39. The number of piperidine rings is 1. The Morgan fingerprint density at radius 3 is 2.71 bits per heavy atom. The largest absolute Gasteiger partial charge is 0.377 e. The molecule has 1 saturated heterocycles. The van der Waals surface area contributed by atoms with E-state index in [1.54, 1.807) is 0 Å². The zero-order valence-electron chi connectivity index (χ0n) is 12.5. The van der Waals surface area contributed by atoms with Crippen LogP contribution in [0.15, 0.2) is 18.2 Å². The van der Waals surface area contributed by atoms with Crippen molar-refractivity contribution in [2.24, 2.45) is 5.92 Å². The van der Waals surface area contributed by atoms with Gasteiger partial charge in [0.05, 0.1) is 4.92 Å². The Hall–Kier alpha value is -1.69. The van der Waals surface area contributed by atoms with Gasteiger partial charge in [-0.05, 0) is 51.4 Å². The molecule has 0 bridgehead atoms. The molecule has 0 aromatic heterocycles. The molecule has 21 heavy (non-hydrogen) atoms.